The summed E-state index contributed by atoms with van der Waals surface area (Å²) >= 11 is 5.89. The monoisotopic (exact) mass is 295 g/mol. The molecule has 0 atom stereocenters. The number of hydrogen-bond acceptors (Lipinski definition) is 5. The first kappa shape index (κ1) is 14.0. The third kappa shape index (κ3) is 3.12. The number of esters is 1. The van der Waals surface area contributed by atoms with Crippen LogP contribution in [0.2, 0.25) is 5.02 Å². The maximum absolute atomic E-state index is 11.7. The van der Waals surface area contributed by atoms with Crippen molar-refractivity contribution in [2.45, 2.75) is 6.61 Å². The number of hydrogen-bond donors (Lipinski definition) is 0. The van der Waals surface area contributed by atoms with Crippen LogP contribution in [-0.4, -0.2) is 20.7 Å². The number of nitrogens with zero attached hydrogens (tertiary/aromatic N) is 3. The van der Waals surface area contributed by atoms with Crippen LogP contribution in [0.1, 0.15) is 15.9 Å². The summed E-state index contributed by atoms with van der Waals surface area (Å²) in [5, 5.41) is 14.6. The van der Waals surface area contributed by atoms with Crippen molar-refractivity contribution >= 4 is 23.3 Å². The minimum Gasteiger partial charge on any atom is -0.457 e. The first-order chi connectivity index (χ1) is 9.47. The zero-order chi connectivity index (χ0) is 14.7. The number of ether oxygens (including phenoxy) is 1. The molecule has 2 rings (SSSR count). The molecule has 8 heteroatoms. The summed E-state index contributed by atoms with van der Waals surface area (Å²) in [7, 11) is 1.68. The van der Waals surface area contributed by atoms with Gasteiger partial charge in [0.15, 0.2) is 0 Å². The Hall–Kier alpha value is -2.41. The lowest BCUT2D eigenvalue weighted by Crippen LogP contribution is -2.04. The van der Waals surface area contributed by atoms with Gasteiger partial charge in [0, 0.05) is 30.9 Å². The fraction of sp³-hybridized carbons (Fsp3) is 0.167. The number of carbonyl (C=O) groups excluding carboxylic acids is 1. The fourth-order valence-electron chi connectivity index (χ4n) is 1.52. The molecule has 0 fully saturated rings. The number of halogens is 1. The van der Waals surface area contributed by atoms with E-state index >= 15 is 0 Å². The molecule has 0 aliphatic carbocycles. The van der Waals surface area contributed by atoms with Crippen molar-refractivity contribution in [2.24, 2.45) is 7.05 Å². The van der Waals surface area contributed by atoms with E-state index in [-0.39, 0.29) is 17.3 Å². The van der Waals surface area contributed by atoms with Crippen LogP contribution >= 0.6 is 11.6 Å². The summed E-state index contributed by atoms with van der Waals surface area (Å²) in [5.74, 6) is -0.535. The lowest BCUT2D eigenvalue weighted by Gasteiger charge is -2.05. The van der Waals surface area contributed by atoms with Gasteiger partial charge in [-0.1, -0.05) is 11.6 Å². The molecule has 1 aromatic carbocycles. The van der Waals surface area contributed by atoms with Crippen LogP contribution in [0.25, 0.3) is 0 Å². The lowest BCUT2D eigenvalue weighted by molar-refractivity contribution is -0.384. The third-order valence-electron chi connectivity index (χ3n) is 2.55. The highest BCUT2D eigenvalue weighted by atomic mass is 35.5. The third-order valence-corrected chi connectivity index (χ3v) is 2.90. The molecule has 0 saturated heterocycles. The number of aryl methyl sites for hydroxylation is 1. The molecule has 20 heavy (non-hydrogen) atoms. The van der Waals surface area contributed by atoms with Gasteiger partial charge in [0.05, 0.1) is 21.7 Å². The standard InChI is InChI=1S/C12H10ClN3O4/c1-15-6-9(5-14-15)12(17)20-7-8-2-3-10(16(18)19)4-11(8)13/h2-6H,7H2,1H3. The Kier molecular flexibility index (Phi) is 3.99. The summed E-state index contributed by atoms with van der Waals surface area (Å²) in [4.78, 5) is 21.7. The van der Waals surface area contributed by atoms with Crippen LogP contribution in [-0.2, 0) is 18.4 Å². The van der Waals surface area contributed by atoms with Gasteiger partial charge in [0.25, 0.3) is 5.69 Å². The van der Waals surface area contributed by atoms with Gasteiger partial charge in [-0.05, 0) is 6.07 Å². The molecule has 7 nitrogen and oxygen atoms in total. The van der Waals surface area contributed by atoms with Crippen LogP contribution < -0.4 is 0 Å². The number of aromatic nitrogens is 2. The molecule has 0 N–H and O–H groups in total. The SMILES string of the molecule is Cn1cc(C(=O)OCc2ccc([N+](=O)[O-])cc2Cl)cn1. The summed E-state index contributed by atoms with van der Waals surface area (Å²) < 4.78 is 6.54. The Morgan fingerprint density at radius 1 is 1.55 bits per heavy atom. The predicted octanol–water partition coefficient (Wildman–Crippen LogP) is 2.34. The fourth-order valence-corrected chi connectivity index (χ4v) is 1.75. The summed E-state index contributed by atoms with van der Waals surface area (Å²) in [6.07, 6.45) is 2.92. The highest BCUT2D eigenvalue weighted by Gasteiger charge is 2.13. The Morgan fingerprint density at radius 3 is 2.85 bits per heavy atom. The van der Waals surface area contributed by atoms with Gasteiger partial charge >= 0.3 is 5.97 Å². The highest BCUT2D eigenvalue weighted by molar-refractivity contribution is 6.31. The number of rotatable bonds is 4. The van der Waals surface area contributed by atoms with E-state index in [1.54, 1.807) is 7.05 Å². The maximum atomic E-state index is 11.7. The smallest absolute Gasteiger partial charge is 0.341 e. The summed E-state index contributed by atoms with van der Waals surface area (Å²) in [5.41, 5.74) is 0.706. The molecule has 0 aliphatic heterocycles. The van der Waals surface area contributed by atoms with Crippen LogP contribution in [0, 0.1) is 10.1 Å². The molecular formula is C12H10ClN3O4. The minimum atomic E-state index is -0.544. The molecule has 0 amide bonds. The van der Waals surface area contributed by atoms with Gasteiger partial charge in [-0.2, -0.15) is 5.10 Å². The van der Waals surface area contributed by atoms with Gasteiger partial charge in [0.2, 0.25) is 0 Å². The number of nitro benzene ring substituents is 1. The molecule has 0 spiro atoms. The van der Waals surface area contributed by atoms with Crippen molar-refractivity contribution in [3.8, 4) is 0 Å². The van der Waals surface area contributed by atoms with E-state index in [4.69, 9.17) is 16.3 Å². The quantitative estimate of drug-likeness (QED) is 0.491. The second-order valence-corrected chi connectivity index (χ2v) is 4.42. The minimum absolute atomic E-state index is 0.0649. The molecule has 0 aliphatic rings. The van der Waals surface area contributed by atoms with E-state index in [2.05, 4.69) is 5.10 Å². The van der Waals surface area contributed by atoms with Crippen LogP contribution in [0.4, 0.5) is 5.69 Å². The maximum Gasteiger partial charge on any atom is 0.341 e. The zero-order valence-electron chi connectivity index (χ0n) is 10.4. The molecule has 0 unspecified atom stereocenters. The van der Waals surface area contributed by atoms with E-state index in [0.717, 1.165) is 0 Å². The second-order valence-electron chi connectivity index (χ2n) is 4.01. The van der Waals surface area contributed by atoms with Gasteiger partial charge in [0.1, 0.15) is 6.61 Å². The van der Waals surface area contributed by atoms with Gasteiger partial charge < -0.3 is 4.74 Å². The topological polar surface area (TPSA) is 87.3 Å². The Morgan fingerprint density at radius 2 is 2.30 bits per heavy atom. The van der Waals surface area contributed by atoms with E-state index in [9.17, 15) is 14.9 Å². The van der Waals surface area contributed by atoms with E-state index < -0.39 is 10.9 Å². The predicted molar refractivity (Wildman–Crippen MR) is 70.4 cm³/mol. The van der Waals surface area contributed by atoms with Gasteiger partial charge in [-0.15, -0.1) is 0 Å². The second kappa shape index (κ2) is 5.70. The Labute approximate surface area is 118 Å². The lowest BCUT2D eigenvalue weighted by atomic mass is 10.2. The highest BCUT2D eigenvalue weighted by Crippen LogP contribution is 2.23. The number of carbonyl (C=O) groups is 1. The normalized spacial score (nSPS) is 10.3. The Balaban J connectivity index is 2.04. The van der Waals surface area contributed by atoms with Crippen molar-refractivity contribution in [3.05, 3.63) is 56.9 Å². The molecule has 0 radical (unpaired) electrons. The molecule has 2 aromatic rings. The largest absolute Gasteiger partial charge is 0.457 e. The molecule has 104 valence electrons. The zero-order valence-corrected chi connectivity index (χ0v) is 11.2. The molecule has 0 bridgehead atoms. The van der Waals surface area contributed by atoms with Crippen LogP contribution in [0.3, 0.4) is 0 Å². The first-order valence-corrected chi connectivity index (χ1v) is 5.94. The average molecular weight is 296 g/mol. The molecule has 1 heterocycles. The van der Waals surface area contributed by atoms with Gasteiger partial charge in [-0.25, -0.2) is 4.79 Å². The van der Waals surface area contributed by atoms with E-state index in [0.29, 0.717) is 11.1 Å². The van der Waals surface area contributed by atoms with Crippen molar-refractivity contribution in [1.29, 1.82) is 0 Å². The molecule has 1 aromatic heterocycles. The molecule has 0 saturated carbocycles. The molecular weight excluding hydrogens is 286 g/mol. The number of non-ortho nitro benzene ring substituents is 1. The van der Waals surface area contributed by atoms with E-state index in [1.165, 1.54) is 35.3 Å². The van der Waals surface area contributed by atoms with Crippen molar-refractivity contribution in [3.63, 3.8) is 0 Å². The summed E-state index contributed by atoms with van der Waals surface area (Å²) in [6, 6.07) is 3.98. The average Bonchev–Trinajstić information content (AvgIpc) is 2.83. The van der Waals surface area contributed by atoms with Crippen LogP contribution in [0.5, 0.6) is 0 Å². The first-order valence-electron chi connectivity index (χ1n) is 5.56. The van der Waals surface area contributed by atoms with Crippen molar-refractivity contribution in [2.75, 3.05) is 0 Å². The van der Waals surface area contributed by atoms with Crippen molar-refractivity contribution in [1.82, 2.24) is 9.78 Å². The van der Waals surface area contributed by atoms with Gasteiger partial charge in [-0.3, -0.25) is 14.8 Å². The van der Waals surface area contributed by atoms with Crippen LogP contribution in [0.15, 0.2) is 30.6 Å². The number of nitro groups is 1. The Bertz CT molecular complexity index is 668. The van der Waals surface area contributed by atoms with Crippen molar-refractivity contribution < 1.29 is 14.5 Å². The van der Waals surface area contributed by atoms with E-state index in [1.807, 2.05) is 0 Å². The summed E-state index contributed by atoms with van der Waals surface area (Å²) in [6.45, 7) is -0.0649. The number of benzene rings is 1.